The second-order valence-corrected chi connectivity index (χ2v) is 7.00. The average molecular weight is 348 g/mol. The molecule has 0 aliphatic rings. The third kappa shape index (κ3) is 6.50. The lowest BCUT2D eigenvalue weighted by atomic mass is 9.92. The van der Waals surface area contributed by atoms with Crippen LogP contribution in [-0.2, 0) is 9.59 Å². The highest BCUT2D eigenvalue weighted by molar-refractivity contribution is 5.85. The predicted molar refractivity (Wildman–Crippen MR) is 102 cm³/mol. The monoisotopic (exact) mass is 347 g/mol. The van der Waals surface area contributed by atoms with Crippen molar-refractivity contribution in [1.29, 1.82) is 0 Å². The number of hydrogen-bond acceptors (Lipinski definition) is 3. The topological polar surface area (TPSA) is 61.4 Å². The maximum atomic E-state index is 12.2. The van der Waals surface area contributed by atoms with Gasteiger partial charge in [-0.05, 0) is 29.4 Å². The van der Waals surface area contributed by atoms with Gasteiger partial charge in [-0.3, -0.25) is 9.59 Å². The zero-order chi connectivity index (χ0) is 19.0. The Hall–Kier alpha value is -1.88. The summed E-state index contributed by atoms with van der Waals surface area (Å²) in [6, 6.07) is 8.76. The maximum Gasteiger partial charge on any atom is 0.239 e. The zero-order valence-electron chi connectivity index (χ0n) is 16.4. The van der Waals surface area contributed by atoms with E-state index >= 15 is 0 Å². The number of carbonyl (C=O) groups excluding carboxylic acids is 2. The van der Waals surface area contributed by atoms with Crippen LogP contribution in [0.1, 0.15) is 57.2 Å². The molecule has 2 atom stereocenters. The first-order chi connectivity index (χ1) is 11.8. The van der Waals surface area contributed by atoms with Crippen molar-refractivity contribution in [2.45, 2.75) is 46.1 Å². The number of rotatable bonds is 9. The summed E-state index contributed by atoms with van der Waals surface area (Å²) in [7, 11) is 3.21. The molecule has 0 aromatic heterocycles. The molecule has 5 nitrogen and oxygen atoms in total. The average Bonchev–Trinajstić information content (AvgIpc) is 2.60. The Balaban J connectivity index is 2.71. The molecule has 0 fully saturated rings. The largest absolute Gasteiger partial charge is 0.358 e. The molecule has 0 aliphatic carbocycles. The van der Waals surface area contributed by atoms with E-state index in [0.29, 0.717) is 11.8 Å². The fourth-order valence-electron chi connectivity index (χ4n) is 2.72. The molecule has 0 heterocycles. The molecule has 25 heavy (non-hydrogen) atoms. The SMILES string of the molecule is CC[C@@H](C)c1ccc([C@@H](NCC(=O)N(C)CC(=O)NC)C(C)C)cc1. The van der Waals surface area contributed by atoms with Crippen LogP contribution in [0, 0.1) is 5.92 Å². The molecule has 140 valence electrons. The highest BCUT2D eigenvalue weighted by atomic mass is 16.2. The van der Waals surface area contributed by atoms with Crippen LogP contribution in [0.25, 0.3) is 0 Å². The highest BCUT2D eigenvalue weighted by Gasteiger charge is 2.19. The van der Waals surface area contributed by atoms with Gasteiger partial charge in [0.25, 0.3) is 0 Å². The van der Waals surface area contributed by atoms with E-state index in [1.54, 1.807) is 14.1 Å². The Kier molecular flexibility index (Phi) is 8.62. The lowest BCUT2D eigenvalue weighted by Crippen LogP contribution is -2.42. The summed E-state index contributed by atoms with van der Waals surface area (Å²) in [6.07, 6.45) is 1.12. The van der Waals surface area contributed by atoms with Crippen molar-refractivity contribution in [2.75, 3.05) is 27.2 Å². The van der Waals surface area contributed by atoms with Gasteiger partial charge in [0.05, 0.1) is 13.1 Å². The summed E-state index contributed by atoms with van der Waals surface area (Å²) in [6.45, 7) is 8.99. The fourth-order valence-corrected chi connectivity index (χ4v) is 2.72. The smallest absolute Gasteiger partial charge is 0.239 e. The van der Waals surface area contributed by atoms with Crippen molar-refractivity contribution in [1.82, 2.24) is 15.5 Å². The van der Waals surface area contributed by atoms with Crippen LogP contribution in [-0.4, -0.2) is 43.9 Å². The molecule has 0 saturated carbocycles. The molecule has 2 amide bonds. The lowest BCUT2D eigenvalue weighted by molar-refractivity contribution is -0.134. The zero-order valence-corrected chi connectivity index (χ0v) is 16.4. The van der Waals surface area contributed by atoms with Gasteiger partial charge in [-0.15, -0.1) is 0 Å². The third-order valence-electron chi connectivity index (χ3n) is 4.70. The van der Waals surface area contributed by atoms with E-state index < -0.39 is 0 Å². The van der Waals surface area contributed by atoms with Crippen LogP contribution in [0.5, 0.6) is 0 Å². The minimum Gasteiger partial charge on any atom is -0.358 e. The second-order valence-electron chi connectivity index (χ2n) is 7.00. The Morgan fingerprint density at radius 1 is 1.08 bits per heavy atom. The number of likely N-dealkylation sites (N-methyl/N-ethyl adjacent to an activating group) is 2. The summed E-state index contributed by atoms with van der Waals surface area (Å²) in [5, 5.41) is 5.87. The highest BCUT2D eigenvalue weighted by Crippen LogP contribution is 2.25. The standard InChI is InChI=1S/C20H33N3O2/c1-7-15(4)16-8-10-17(11-9-16)20(14(2)3)22-12-19(25)23(6)13-18(24)21-5/h8-11,14-15,20,22H,7,12-13H2,1-6H3,(H,21,24)/t15-,20+/m1/s1. The number of benzene rings is 1. The van der Waals surface area contributed by atoms with Gasteiger partial charge in [-0.1, -0.05) is 52.0 Å². The van der Waals surface area contributed by atoms with Gasteiger partial charge in [0.15, 0.2) is 0 Å². The first-order valence-corrected chi connectivity index (χ1v) is 9.07. The summed E-state index contributed by atoms with van der Waals surface area (Å²) >= 11 is 0. The minimum absolute atomic E-state index is 0.0764. The van der Waals surface area contributed by atoms with E-state index in [1.165, 1.54) is 16.0 Å². The summed E-state index contributed by atoms with van der Waals surface area (Å²) in [4.78, 5) is 25.0. The van der Waals surface area contributed by atoms with Crippen molar-refractivity contribution in [3.63, 3.8) is 0 Å². The van der Waals surface area contributed by atoms with E-state index in [0.717, 1.165) is 6.42 Å². The van der Waals surface area contributed by atoms with Gasteiger partial charge in [0.1, 0.15) is 0 Å². The molecule has 0 bridgehead atoms. The van der Waals surface area contributed by atoms with Crippen LogP contribution >= 0.6 is 0 Å². The number of nitrogens with one attached hydrogen (secondary N) is 2. The number of amides is 2. The Morgan fingerprint density at radius 3 is 2.12 bits per heavy atom. The van der Waals surface area contributed by atoms with Gasteiger partial charge >= 0.3 is 0 Å². The first kappa shape index (κ1) is 21.2. The van der Waals surface area contributed by atoms with E-state index in [4.69, 9.17) is 0 Å². The molecule has 1 aromatic rings. The van der Waals surface area contributed by atoms with Crippen LogP contribution < -0.4 is 10.6 Å². The Morgan fingerprint density at radius 2 is 1.64 bits per heavy atom. The first-order valence-electron chi connectivity index (χ1n) is 9.07. The molecule has 0 unspecified atom stereocenters. The van der Waals surface area contributed by atoms with Gasteiger partial charge in [-0.2, -0.15) is 0 Å². The van der Waals surface area contributed by atoms with E-state index in [-0.39, 0.29) is 30.9 Å². The summed E-state index contributed by atoms with van der Waals surface area (Å²) in [5.74, 6) is 0.647. The van der Waals surface area contributed by atoms with Crippen molar-refractivity contribution in [2.24, 2.45) is 5.92 Å². The van der Waals surface area contributed by atoms with Crippen molar-refractivity contribution in [3.05, 3.63) is 35.4 Å². The molecule has 0 radical (unpaired) electrons. The van der Waals surface area contributed by atoms with Crippen molar-refractivity contribution >= 4 is 11.8 Å². The van der Waals surface area contributed by atoms with Gasteiger partial charge in [-0.25, -0.2) is 0 Å². The third-order valence-corrected chi connectivity index (χ3v) is 4.70. The molecular weight excluding hydrogens is 314 g/mol. The molecule has 1 aromatic carbocycles. The second kappa shape index (κ2) is 10.2. The fraction of sp³-hybridized carbons (Fsp3) is 0.600. The van der Waals surface area contributed by atoms with Crippen molar-refractivity contribution in [3.8, 4) is 0 Å². The van der Waals surface area contributed by atoms with E-state index in [2.05, 4.69) is 62.6 Å². The summed E-state index contributed by atoms with van der Waals surface area (Å²) in [5.41, 5.74) is 2.53. The molecule has 5 heteroatoms. The molecule has 1 rings (SSSR count). The number of carbonyl (C=O) groups is 2. The quantitative estimate of drug-likeness (QED) is 0.722. The molecule has 2 N–H and O–H groups in total. The van der Waals surface area contributed by atoms with Crippen LogP contribution in [0.15, 0.2) is 24.3 Å². The molecule has 0 spiro atoms. The summed E-state index contributed by atoms with van der Waals surface area (Å²) < 4.78 is 0. The van der Waals surface area contributed by atoms with E-state index in [9.17, 15) is 9.59 Å². The maximum absolute atomic E-state index is 12.2. The molecule has 0 aliphatic heterocycles. The lowest BCUT2D eigenvalue weighted by Gasteiger charge is -2.25. The van der Waals surface area contributed by atoms with Crippen molar-refractivity contribution < 1.29 is 9.59 Å². The van der Waals surface area contributed by atoms with Gasteiger partial charge in [0.2, 0.25) is 11.8 Å². The number of hydrogen-bond donors (Lipinski definition) is 2. The minimum atomic E-state index is -0.170. The predicted octanol–water partition coefficient (Wildman–Crippen LogP) is 2.69. The van der Waals surface area contributed by atoms with Crippen LogP contribution in [0.4, 0.5) is 0 Å². The molecular formula is C20H33N3O2. The van der Waals surface area contributed by atoms with Crippen LogP contribution in [0.3, 0.4) is 0 Å². The Bertz CT molecular complexity index is 555. The molecule has 0 saturated heterocycles. The van der Waals surface area contributed by atoms with Crippen LogP contribution in [0.2, 0.25) is 0 Å². The van der Waals surface area contributed by atoms with Gasteiger partial charge < -0.3 is 15.5 Å². The van der Waals surface area contributed by atoms with E-state index in [1.807, 2.05) is 0 Å². The number of nitrogens with zero attached hydrogens (tertiary/aromatic N) is 1. The Labute approximate surface area is 152 Å². The normalized spacial score (nSPS) is 13.4. The van der Waals surface area contributed by atoms with Gasteiger partial charge in [0, 0.05) is 20.1 Å².